The van der Waals surface area contributed by atoms with Crippen LogP contribution >= 0.6 is 0 Å². The lowest BCUT2D eigenvalue weighted by Gasteiger charge is -2.23. The molecule has 88 valence electrons. The predicted octanol–water partition coefficient (Wildman–Crippen LogP) is 0.786. The summed E-state index contributed by atoms with van der Waals surface area (Å²) in [6, 6.07) is 0.687. The summed E-state index contributed by atoms with van der Waals surface area (Å²) < 4.78 is 0. The second-order valence-electron chi connectivity index (χ2n) is 4.48. The first-order chi connectivity index (χ1) is 7.63. The van der Waals surface area contributed by atoms with E-state index < -0.39 is 0 Å². The van der Waals surface area contributed by atoms with Crippen LogP contribution < -0.4 is 0 Å². The van der Waals surface area contributed by atoms with Crippen molar-refractivity contribution in [1.29, 1.82) is 0 Å². The summed E-state index contributed by atoms with van der Waals surface area (Å²) in [6.45, 7) is 6.14. The van der Waals surface area contributed by atoms with Gasteiger partial charge in [0.25, 0.3) is 11.8 Å². The standard InChI is InChI=1S/C12H18N2O2/c1-3-13(10-4-5-10)6-7-14-11(15)8-9(2)12(14)16/h8,10H,3-7H2,1-2H3. The number of likely N-dealkylation sites (N-methyl/N-ethyl adjacent to an activating group) is 1. The Hall–Kier alpha value is -1.16. The number of hydrogen-bond donors (Lipinski definition) is 0. The van der Waals surface area contributed by atoms with E-state index in [9.17, 15) is 9.59 Å². The molecule has 1 aliphatic carbocycles. The number of amides is 2. The summed E-state index contributed by atoms with van der Waals surface area (Å²) in [6.07, 6.45) is 3.94. The minimum Gasteiger partial charge on any atom is -0.299 e. The molecule has 0 aromatic heterocycles. The minimum absolute atomic E-state index is 0.128. The molecule has 0 aromatic carbocycles. The monoisotopic (exact) mass is 222 g/mol. The van der Waals surface area contributed by atoms with Gasteiger partial charge in [0.15, 0.2) is 0 Å². The first-order valence-electron chi connectivity index (χ1n) is 5.91. The Morgan fingerprint density at radius 1 is 1.44 bits per heavy atom. The average Bonchev–Trinajstić information content (AvgIpc) is 3.03. The van der Waals surface area contributed by atoms with Crippen LogP contribution in [0.15, 0.2) is 11.6 Å². The second-order valence-corrected chi connectivity index (χ2v) is 4.48. The topological polar surface area (TPSA) is 40.6 Å². The van der Waals surface area contributed by atoms with E-state index in [-0.39, 0.29) is 11.8 Å². The van der Waals surface area contributed by atoms with Gasteiger partial charge in [-0.3, -0.25) is 19.4 Å². The van der Waals surface area contributed by atoms with E-state index in [1.807, 2.05) is 0 Å². The van der Waals surface area contributed by atoms with Gasteiger partial charge in [-0.2, -0.15) is 0 Å². The molecule has 0 saturated heterocycles. The number of imide groups is 1. The van der Waals surface area contributed by atoms with Gasteiger partial charge in [0, 0.05) is 30.8 Å². The molecule has 0 aromatic rings. The molecule has 0 bridgehead atoms. The largest absolute Gasteiger partial charge is 0.299 e. The molecule has 1 heterocycles. The van der Waals surface area contributed by atoms with Crippen LogP contribution in [0.3, 0.4) is 0 Å². The van der Waals surface area contributed by atoms with Gasteiger partial charge in [0.2, 0.25) is 0 Å². The Kier molecular flexibility index (Phi) is 3.10. The van der Waals surface area contributed by atoms with E-state index in [0.717, 1.165) is 13.1 Å². The van der Waals surface area contributed by atoms with Crippen LogP contribution in [0, 0.1) is 0 Å². The maximum atomic E-state index is 11.6. The lowest BCUT2D eigenvalue weighted by Crippen LogP contribution is -2.39. The highest BCUT2D eigenvalue weighted by atomic mass is 16.2. The number of hydrogen-bond acceptors (Lipinski definition) is 3. The van der Waals surface area contributed by atoms with E-state index in [0.29, 0.717) is 18.2 Å². The lowest BCUT2D eigenvalue weighted by atomic mass is 10.3. The Labute approximate surface area is 95.9 Å². The lowest BCUT2D eigenvalue weighted by molar-refractivity contribution is -0.137. The first kappa shape index (κ1) is 11.3. The highest BCUT2D eigenvalue weighted by Gasteiger charge is 2.31. The van der Waals surface area contributed by atoms with Gasteiger partial charge in [-0.05, 0) is 26.3 Å². The van der Waals surface area contributed by atoms with Crippen LogP contribution in [0.1, 0.15) is 26.7 Å². The quantitative estimate of drug-likeness (QED) is 0.646. The van der Waals surface area contributed by atoms with Crippen molar-refractivity contribution in [1.82, 2.24) is 9.80 Å². The third-order valence-corrected chi connectivity index (χ3v) is 3.27. The van der Waals surface area contributed by atoms with Crippen LogP contribution in [0.25, 0.3) is 0 Å². The number of nitrogens with zero attached hydrogens (tertiary/aromatic N) is 2. The molecule has 4 heteroatoms. The molecule has 16 heavy (non-hydrogen) atoms. The zero-order chi connectivity index (χ0) is 11.7. The third-order valence-electron chi connectivity index (χ3n) is 3.27. The normalized spacial score (nSPS) is 20.9. The van der Waals surface area contributed by atoms with Crippen LogP contribution in [-0.4, -0.2) is 47.3 Å². The summed E-state index contributed by atoms with van der Waals surface area (Å²) in [5, 5.41) is 0. The van der Waals surface area contributed by atoms with Crippen molar-refractivity contribution < 1.29 is 9.59 Å². The van der Waals surface area contributed by atoms with E-state index in [2.05, 4.69) is 11.8 Å². The third kappa shape index (κ3) is 2.16. The van der Waals surface area contributed by atoms with E-state index in [1.54, 1.807) is 6.92 Å². The van der Waals surface area contributed by atoms with Crippen molar-refractivity contribution in [2.45, 2.75) is 32.7 Å². The fourth-order valence-electron chi connectivity index (χ4n) is 2.12. The maximum absolute atomic E-state index is 11.6. The number of carbonyl (C=O) groups is 2. The Morgan fingerprint density at radius 3 is 2.56 bits per heavy atom. The molecule has 4 nitrogen and oxygen atoms in total. The zero-order valence-electron chi connectivity index (χ0n) is 9.90. The van der Waals surface area contributed by atoms with Crippen molar-refractivity contribution in [3.8, 4) is 0 Å². The number of carbonyl (C=O) groups excluding carboxylic acids is 2. The van der Waals surface area contributed by atoms with E-state index in [1.165, 1.54) is 23.8 Å². The molecule has 2 aliphatic rings. The van der Waals surface area contributed by atoms with Crippen molar-refractivity contribution in [3.05, 3.63) is 11.6 Å². The van der Waals surface area contributed by atoms with Gasteiger partial charge in [0.1, 0.15) is 0 Å². The van der Waals surface area contributed by atoms with Crippen LogP contribution in [0.5, 0.6) is 0 Å². The summed E-state index contributed by atoms with van der Waals surface area (Å²) >= 11 is 0. The fourth-order valence-corrected chi connectivity index (χ4v) is 2.12. The van der Waals surface area contributed by atoms with Crippen LogP contribution in [-0.2, 0) is 9.59 Å². The Morgan fingerprint density at radius 2 is 2.12 bits per heavy atom. The zero-order valence-corrected chi connectivity index (χ0v) is 9.90. The maximum Gasteiger partial charge on any atom is 0.256 e. The summed E-state index contributed by atoms with van der Waals surface area (Å²) in [7, 11) is 0. The predicted molar refractivity (Wildman–Crippen MR) is 60.7 cm³/mol. The Bertz CT molecular complexity index is 345. The van der Waals surface area contributed by atoms with Crippen molar-refractivity contribution in [3.63, 3.8) is 0 Å². The molecule has 0 unspecified atom stereocenters. The molecule has 2 rings (SSSR count). The van der Waals surface area contributed by atoms with Gasteiger partial charge >= 0.3 is 0 Å². The van der Waals surface area contributed by atoms with Crippen molar-refractivity contribution in [2.24, 2.45) is 0 Å². The van der Waals surface area contributed by atoms with Crippen LogP contribution in [0.2, 0.25) is 0 Å². The Balaban J connectivity index is 1.86. The van der Waals surface area contributed by atoms with Gasteiger partial charge in [-0.25, -0.2) is 0 Å². The van der Waals surface area contributed by atoms with Gasteiger partial charge in [0.05, 0.1) is 0 Å². The average molecular weight is 222 g/mol. The molecule has 0 atom stereocenters. The highest BCUT2D eigenvalue weighted by molar-refractivity contribution is 6.15. The summed E-state index contributed by atoms with van der Waals surface area (Å²) in [4.78, 5) is 26.8. The number of rotatable bonds is 5. The highest BCUT2D eigenvalue weighted by Crippen LogP contribution is 2.26. The summed E-state index contributed by atoms with van der Waals surface area (Å²) in [5.41, 5.74) is 0.555. The summed E-state index contributed by atoms with van der Waals surface area (Å²) in [5.74, 6) is -0.286. The molecule has 0 radical (unpaired) electrons. The molecule has 1 aliphatic heterocycles. The molecule has 0 spiro atoms. The molecule has 0 N–H and O–H groups in total. The molecule has 1 fully saturated rings. The molecular weight excluding hydrogens is 204 g/mol. The first-order valence-corrected chi connectivity index (χ1v) is 5.91. The van der Waals surface area contributed by atoms with Gasteiger partial charge < -0.3 is 0 Å². The van der Waals surface area contributed by atoms with Crippen molar-refractivity contribution in [2.75, 3.05) is 19.6 Å². The van der Waals surface area contributed by atoms with Crippen LogP contribution in [0.4, 0.5) is 0 Å². The molecular formula is C12H18N2O2. The minimum atomic E-state index is -0.158. The molecule has 1 saturated carbocycles. The SMILES string of the molecule is CCN(CCN1C(=O)C=C(C)C1=O)C1CC1. The second kappa shape index (κ2) is 4.37. The smallest absolute Gasteiger partial charge is 0.256 e. The van der Waals surface area contributed by atoms with Gasteiger partial charge in [-0.15, -0.1) is 0 Å². The molecule has 2 amide bonds. The van der Waals surface area contributed by atoms with E-state index >= 15 is 0 Å². The van der Waals surface area contributed by atoms with Crippen molar-refractivity contribution >= 4 is 11.8 Å². The fraction of sp³-hybridized carbons (Fsp3) is 0.667. The van der Waals surface area contributed by atoms with Gasteiger partial charge in [-0.1, -0.05) is 6.92 Å². The van der Waals surface area contributed by atoms with E-state index in [4.69, 9.17) is 0 Å².